The first kappa shape index (κ1) is 27.9. The van der Waals surface area contributed by atoms with Crippen molar-refractivity contribution in [3.05, 3.63) is 130 Å². The molecule has 0 unspecified atom stereocenters. The van der Waals surface area contributed by atoms with Gasteiger partial charge in [-0.25, -0.2) is 0 Å². The third kappa shape index (κ3) is 8.17. The monoisotopic (exact) mass is 600 g/mol. The van der Waals surface area contributed by atoms with Crippen LogP contribution in [0.15, 0.2) is 118 Å². The van der Waals surface area contributed by atoms with Crippen LogP contribution in [0.4, 0.5) is 5.69 Å². The fourth-order valence-corrected chi connectivity index (χ4v) is 4.68. The van der Waals surface area contributed by atoms with Crippen molar-refractivity contribution in [1.29, 1.82) is 0 Å². The number of methoxy groups -OCH3 is 1. The Hall–Kier alpha value is -4.14. The summed E-state index contributed by atoms with van der Waals surface area (Å²) in [5.74, 6) is -0.00658. The summed E-state index contributed by atoms with van der Waals surface area (Å²) in [6.45, 7) is 0. The third-order valence-electron chi connectivity index (χ3n) is 5.56. The fraction of sp³-hybridized carbons (Fsp3) is 0.0645. The standard InChI is InChI=1S/C31H25BrN2O4S/c1-38-26-11-5-7-21(17-26)18-28(34-30(36)23-8-3-2-4-9-23)31(37)33-25-10-6-12-27(19-25)39-20-29(35)22-13-15-24(32)16-14-22/h2-19H,20H2,1H3,(H,33,37)(H,34,36)/b28-18-. The smallest absolute Gasteiger partial charge is 0.272 e. The number of hydrogen-bond donors (Lipinski definition) is 2. The number of carbonyl (C=O) groups is 3. The lowest BCUT2D eigenvalue weighted by Gasteiger charge is -2.12. The molecule has 39 heavy (non-hydrogen) atoms. The molecule has 2 N–H and O–H groups in total. The van der Waals surface area contributed by atoms with Crippen molar-refractivity contribution in [3.8, 4) is 5.75 Å². The largest absolute Gasteiger partial charge is 0.497 e. The molecule has 8 heteroatoms. The maximum Gasteiger partial charge on any atom is 0.272 e. The molecule has 0 atom stereocenters. The zero-order valence-electron chi connectivity index (χ0n) is 21.0. The lowest BCUT2D eigenvalue weighted by atomic mass is 10.1. The molecule has 0 bridgehead atoms. The first-order valence-electron chi connectivity index (χ1n) is 12.0. The zero-order chi connectivity index (χ0) is 27.6. The number of hydrogen-bond acceptors (Lipinski definition) is 5. The molecule has 4 aromatic rings. The number of amides is 2. The van der Waals surface area contributed by atoms with Crippen molar-refractivity contribution in [2.75, 3.05) is 18.2 Å². The van der Waals surface area contributed by atoms with Gasteiger partial charge in [0.2, 0.25) is 0 Å². The molecule has 6 nitrogen and oxygen atoms in total. The summed E-state index contributed by atoms with van der Waals surface area (Å²) in [5, 5.41) is 5.59. The highest BCUT2D eigenvalue weighted by Crippen LogP contribution is 2.24. The summed E-state index contributed by atoms with van der Waals surface area (Å²) >= 11 is 4.75. The molecule has 4 rings (SSSR count). The second kappa shape index (κ2) is 13.6. The second-order valence-electron chi connectivity index (χ2n) is 8.36. The first-order valence-corrected chi connectivity index (χ1v) is 13.7. The highest BCUT2D eigenvalue weighted by Gasteiger charge is 2.16. The van der Waals surface area contributed by atoms with Crippen molar-refractivity contribution in [2.45, 2.75) is 4.90 Å². The molecule has 0 spiro atoms. The Morgan fingerprint density at radius 2 is 1.59 bits per heavy atom. The van der Waals surface area contributed by atoms with Crippen LogP contribution in [0.5, 0.6) is 5.75 Å². The van der Waals surface area contributed by atoms with Crippen molar-refractivity contribution in [1.82, 2.24) is 5.32 Å². The Balaban J connectivity index is 1.50. The van der Waals surface area contributed by atoms with Gasteiger partial charge in [0.05, 0.1) is 12.9 Å². The number of benzene rings is 4. The van der Waals surface area contributed by atoms with Crippen LogP contribution in [0.3, 0.4) is 0 Å². The Morgan fingerprint density at radius 3 is 2.33 bits per heavy atom. The summed E-state index contributed by atoms with van der Waals surface area (Å²) in [4.78, 5) is 39.6. The van der Waals surface area contributed by atoms with E-state index in [1.807, 2.05) is 30.3 Å². The molecule has 0 aliphatic rings. The molecule has 196 valence electrons. The van der Waals surface area contributed by atoms with Crippen molar-refractivity contribution in [2.24, 2.45) is 0 Å². The van der Waals surface area contributed by atoms with Crippen LogP contribution in [0.25, 0.3) is 6.08 Å². The van der Waals surface area contributed by atoms with Crippen molar-refractivity contribution >= 4 is 57.1 Å². The average molecular weight is 602 g/mol. The maximum atomic E-state index is 13.3. The van der Waals surface area contributed by atoms with E-state index >= 15 is 0 Å². The van der Waals surface area contributed by atoms with Crippen LogP contribution >= 0.6 is 27.7 Å². The van der Waals surface area contributed by atoms with Crippen LogP contribution in [-0.2, 0) is 4.79 Å². The minimum atomic E-state index is -0.491. The van der Waals surface area contributed by atoms with Gasteiger partial charge in [-0.1, -0.05) is 64.5 Å². The predicted molar refractivity (Wildman–Crippen MR) is 159 cm³/mol. The number of rotatable bonds is 10. The minimum Gasteiger partial charge on any atom is -0.497 e. The fourth-order valence-electron chi connectivity index (χ4n) is 3.57. The molecule has 0 radical (unpaired) electrons. The van der Waals surface area contributed by atoms with E-state index in [2.05, 4.69) is 26.6 Å². The van der Waals surface area contributed by atoms with Gasteiger partial charge in [0.15, 0.2) is 5.78 Å². The van der Waals surface area contributed by atoms with Gasteiger partial charge in [0.25, 0.3) is 11.8 Å². The molecule has 0 fully saturated rings. The van der Waals surface area contributed by atoms with E-state index in [9.17, 15) is 14.4 Å². The first-order chi connectivity index (χ1) is 18.9. The van der Waals surface area contributed by atoms with E-state index in [0.29, 0.717) is 28.1 Å². The normalized spacial score (nSPS) is 11.0. The van der Waals surface area contributed by atoms with Crippen molar-refractivity contribution in [3.63, 3.8) is 0 Å². The number of ketones is 1. The van der Waals surface area contributed by atoms with Crippen LogP contribution < -0.4 is 15.4 Å². The maximum absolute atomic E-state index is 13.3. The van der Waals surface area contributed by atoms with Crippen LogP contribution in [-0.4, -0.2) is 30.5 Å². The Morgan fingerprint density at radius 1 is 0.846 bits per heavy atom. The molecule has 2 amide bonds. The van der Waals surface area contributed by atoms with Crippen LogP contribution in [0.2, 0.25) is 0 Å². The SMILES string of the molecule is COc1cccc(/C=C(\NC(=O)c2ccccc2)C(=O)Nc2cccc(SCC(=O)c3ccc(Br)cc3)c2)c1. The topological polar surface area (TPSA) is 84.5 Å². The number of Topliss-reactive ketones (excluding diaryl/α,β-unsaturated/α-hetero) is 1. The van der Waals surface area contributed by atoms with Gasteiger partial charge in [-0.05, 0) is 66.2 Å². The summed E-state index contributed by atoms with van der Waals surface area (Å²) < 4.78 is 6.20. The number of halogens is 1. The van der Waals surface area contributed by atoms with E-state index in [0.717, 1.165) is 9.37 Å². The molecular formula is C31H25BrN2O4S. The summed E-state index contributed by atoms with van der Waals surface area (Å²) in [5.41, 5.74) is 2.35. The van der Waals surface area contributed by atoms with Gasteiger partial charge in [-0.15, -0.1) is 11.8 Å². The predicted octanol–water partition coefficient (Wildman–Crippen LogP) is 6.84. The van der Waals surface area contributed by atoms with E-state index in [4.69, 9.17) is 4.74 Å². The van der Waals surface area contributed by atoms with Crippen LogP contribution in [0.1, 0.15) is 26.3 Å². The van der Waals surface area contributed by atoms with Gasteiger partial charge in [0.1, 0.15) is 11.4 Å². The van der Waals surface area contributed by atoms with Gasteiger partial charge in [-0.3, -0.25) is 14.4 Å². The molecule has 0 aliphatic heterocycles. The number of carbonyl (C=O) groups excluding carboxylic acids is 3. The number of nitrogens with one attached hydrogen (secondary N) is 2. The Bertz CT molecular complexity index is 1500. The molecule has 0 saturated carbocycles. The molecule has 0 saturated heterocycles. The Labute approximate surface area is 239 Å². The highest BCUT2D eigenvalue weighted by molar-refractivity contribution is 9.10. The zero-order valence-corrected chi connectivity index (χ0v) is 23.4. The lowest BCUT2D eigenvalue weighted by molar-refractivity contribution is -0.113. The lowest BCUT2D eigenvalue weighted by Crippen LogP contribution is -2.30. The van der Waals surface area contributed by atoms with E-state index in [-0.39, 0.29) is 17.2 Å². The summed E-state index contributed by atoms with van der Waals surface area (Å²) in [6.07, 6.45) is 1.59. The van der Waals surface area contributed by atoms with Gasteiger partial charge in [0, 0.05) is 26.2 Å². The molecule has 0 heterocycles. The van der Waals surface area contributed by atoms with Gasteiger partial charge >= 0.3 is 0 Å². The molecule has 0 aromatic heterocycles. The Kier molecular flexibility index (Phi) is 9.72. The molecular weight excluding hydrogens is 576 g/mol. The number of thioether (sulfide) groups is 1. The van der Waals surface area contributed by atoms with E-state index < -0.39 is 11.8 Å². The third-order valence-corrected chi connectivity index (χ3v) is 7.08. The number of ether oxygens (including phenoxy) is 1. The summed E-state index contributed by atoms with van der Waals surface area (Å²) in [6, 6.07) is 30.3. The average Bonchev–Trinajstić information content (AvgIpc) is 2.96. The second-order valence-corrected chi connectivity index (χ2v) is 10.3. The van der Waals surface area contributed by atoms with Crippen molar-refractivity contribution < 1.29 is 19.1 Å². The summed E-state index contributed by atoms with van der Waals surface area (Å²) in [7, 11) is 1.56. The van der Waals surface area contributed by atoms with Gasteiger partial charge in [-0.2, -0.15) is 0 Å². The van der Waals surface area contributed by atoms with Gasteiger partial charge < -0.3 is 15.4 Å². The quantitative estimate of drug-likeness (QED) is 0.118. The highest BCUT2D eigenvalue weighted by atomic mass is 79.9. The van der Waals surface area contributed by atoms with Crippen LogP contribution in [0, 0.1) is 0 Å². The number of anilines is 1. The minimum absolute atomic E-state index is 0.00840. The van der Waals surface area contributed by atoms with E-state index in [1.165, 1.54) is 11.8 Å². The molecule has 4 aromatic carbocycles. The molecule has 0 aliphatic carbocycles. The van der Waals surface area contributed by atoms with E-state index in [1.54, 1.807) is 86.0 Å².